The maximum atomic E-state index is 4.50. The van der Waals surface area contributed by atoms with Crippen molar-refractivity contribution in [1.82, 2.24) is 9.55 Å². The summed E-state index contributed by atoms with van der Waals surface area (Å²) in [4.78, 5) is 4.50. The average molecular weight is 262 g/mol. The maximum Gasteiger partial charge on any atom is 0.0956 e. The molecule has 0 saturated carbocycles. The van der Waals surface area contributed by atoms with Gasteiger partial charge >= 0.3 is 0 Å². The molecule has 20 heavy (non-hydrogen) atoms. The average Bonchev–Trinajstić information content (AvgIpc) is 2.92. The van der Waals surface area contributed by atoms with Crippen LogP contribution in [0.3, 0.4) is 0 Å². The minimum atomic E-state index is 0.868. The van der Waals surface area contributed by atoms with Crippen LogP contribution in [-0.4, -0.2) is 9.55 Å². The number of imidazole rings is 1. The zero-order chi connectivity index (χ0) is 13.9. The Hall–Kier alpha value is -2.35. The zero-order valence-corrected chi connectivity index (χ0v) is 11.9. The molecule has 0 radical (unpaired) electrons. The molecule has 0 saturated heterocycles. The molecule has 0 amide bonds. The SMILES string of the molecule is Cc1ccc(C)c(Cn2cnc(-c3ccccc3)c2)c1. The standard InChI is InChI=1S/C18H18N2/c1-14-8-9-15(2)17(10-14)11-20-12-18(19-13-20)16-6-4-3-5-7-16/h3-10,12-13H,11H2,1-2H3. The molecule has 1 aromatic heterocycles. The van der Waals surface area contributed by atoms with Gasteiger partial charge in [0.2, 0.25) is 0 Å². The molecule has 0 atom stereocenters. The van der Waals surface area contributed by atoms with Gasteiger partial charge < -0.3 is 4.57 Å². The van der Waals surface area contributed by atoms with Gasteiger partial charge in [-0.15, -0.1) is 0 Å². The number of hydrogen-bond donors (Lipinski definition) is 0. The number of aromatic nitrogens is 2. The largest absolute Gasteiger partial charge is 0.332 e. The number of benzene rings is 2. The predicted molar refractivity (Wildman–Crippen MR) is 82.7 cm³/mol. The first-order valence-electron chi connectivity index (χ1n) is 6.86. The van der Waals surface area contributed by atoms with Gasteiger partial charge in [-0.2, -0.15) is 0 Å². The van der Waals surface area contributed by atoms with Crippen molar-refractivity contribution in [3.63, 3.8) is 0 Å². The lowest BCUT2D eigenvalue weighted by Crippen LogP contribution is -1.99. The highest BCUT2D eigenvalue weighted by atomic mass is 15.0. The van der Waals surface area contributed by atoms with E-state index in [2.05, 4.69) is 59.9 Å². The Balaban J connectivity index is 1.86. The Bertz CT molecular complexity index is 711. The van der Waals surface area contributed by atoms with Gasteiger partial charge in [0.25, 0.3) is 0 Å². The second kappa shape index (κ2) is 5.33. The zero-order valence-electron chi connectivity index (χ0n) is 11.9. The van der Waals surface area contributed by atoms with E-state index in [-0.39, 0.29) is 0 Å². The van der Waals surface area contributed by atoms with E-state index < -0.39 is 0 Å². The fraction of sp³-hybridized carbons (Fsp3) is 0.167. The molecule has 0 aliphatic rings. The normalized spacial score (nSPS) is 10.7. The summed E-state index contributed by atoms with van der Waals surface area (Å²) in [5.74, 6) is 0. The summed E-state index contributed by atoms with van der Waals surface area (Å²) in [6.45, 7) is 5.16. The number of nitrogens with zero attached hydrogens (tertiary/aromatic N) is 2. The monoisotopic (exact) mass is 262 g/mol. The van der Waals surface area contributed by atoms with Crippen LogP contribution in [0, 0.1) is 13.8 Å². The molecule has 3 rings (SSSR count). The molecular formula is C18H18N2. The van der Waals surface area contributed by atoms with E-state index in [0.717, 1.165) is 17.8 Å². The van der Waals surface area contributed by atoms with Crippen LogP contribution in [0.25, 0.3) is 11.3 Å². The van der Waals surface area contributed by atoms with E-state index in [1.54, 1.807) is 0 Å². The van der Waals surface area contributed by atoms with Gasteiger partial charge in [0, 0.05) is 18.3 Å². The molecule has 0 unspecified atom stereocenters. The first-order valence-corrected chi connectivity index (χ1v) is 6.86. The summed E-state index contributed by atoms with van der Waals surface area (Å²) < 4.78 is 2.14. The topological polar surface area (TPSA) is 17.8 Å². The van der Waals surface area contributed by atoms with Crippen LogP contribution in [0.5, 0.6) is 0 Å². The third-order valence-electron chi connectivity index (χ3n) is 3.56. The molecule has 3 aromatic rings. The number of hydrogen-bond acceptors (Lipinski definition) is 1. The summed E-state index contributed by atoms with van der Waals surface area (Å²) in [6, 6.07) is 16.9. The van der Waals surface area contributed by atoms with Gasteiger partial charge in [0.15, 0.2) is 0 Å². The molecule has 0 bridgehead atoms. The van der Waals surface area contributed by atoms with Crippen LogP contribution >= 0.6 is 0 Å². The third-order valence-corrected chi connectivity index (χ3v) is 3.56. The summed E-state index contributed by atoms with van der Waals surface area (Å²) in [7, 11) is 0. The van der Waals surface area contributed by atoms with Crippen molar-refractivity contribution in [1.29, 1.82) is 0 Å². The summed E-state index contributed by atoms with van der Waals surface area (Å²) in [5, 5.41) is 0. The number of rotatable bonds is 3. The van der Waals surface area contributed by atoms with Gasteiger partial charge in [0.05, 0.1) is 12.0 Å². The molecule has 0 aliphatic carbocycles. The van der Waals surface area contributed by atoms with Gasteiger partial charge in [-0.05, 0) is 25.0 Å². The van der Waals surface area contributed by atoms with E-state index in [9.17, 15) is 0 Å². The number of aryl methyl sites for hydroxylation is 2. The van der Waals surface area contributed by atoms with Gasteiger partial charge in [-0.1, -0.05) is 54.1 Å². The van der Waals surface area contributed by atoms with Crippen LogP contribution in [0.2, 0.25) is 0 Å². The Labute approximate surface area is 119 Å². The fourth-order valence-electron chi connectivity index (χ4n) is 2.37. The second-order valence-corrected chi connectivity index (χ2v) is 5.23. The molecular weight excluding hydrogens is 244 g/mol. The Morgan fingerprint density at radius 3 is 2.60 bits per heavy atom. The molecule has 0 aliphatic heterocycles. The Kier molecular flexibility index (Phi) is 3.38. The van der Waals surface area contributed by atoms with E-state index in [4.69, 9.17) is 0 Å². The van der Waals surface area contributed by atoms with Crippen molar-refractivity contribution in [2.75, 3.05) is 0 Å². The van der Waals surface area contributed by atoms with Crippen LogP contribution in [-0.2, 0) is 6.54 Å². The van der Waals surface area contributed by atoms with Gasteiger partial charge in [-0.25, -0.2) is 4.98 Å². The molecule has 1 heterocycles. The highest BCUT2D eigenvalue weighted by Crippen LogP contribution is 2.18. The fourth-order valence-corrected chi connectivity index (χ4v) is 2.37. The van der Waals surface area contributed by atoms with Crippen molar-refractivity contribution in [2.45, 2.75) is 20.4 Å². The van der Waals surface area contributed by atoms with E-state index in [1.165, 1.54) is 16.7 Å². The quantitative estimate of drug-likeness (QED) is 0.691. The van der Waals surface area contributed by atoms with Crippen LogP contribution in [0.15, 0.2) is 61.1 Å². The lowest BCUT2D eigenvalue weighted by atomic mass is 10.1. The van der Waals surface area contributed by atoms with E-state index in [1.807, 2.05) is 24.5 Å². The van der Waals surface area contributed by atoms with Crippen molar-refractivity contribution in [2.24, 2.45) is 0 Å². The van der Waals surface area contributed by atoms with Gasteiger partial charge in [-0.3, -0.25) is 0 Å². The van der Waals surface area contributed by atoms with Gasteiger partial charge in [0.1, 0.15) is 0 Å². The summed E-state index contributed by atoms with van der Waals surface area (Å²) >= 11 is 0. The summed E-state index contributed by atoms with van der Waals surface area (Å²) in [6.07, 6.45) is 4.02. The van der Waals surface area contributed by atoms with Crippen molar-refractivity contribution in [3.05, 3.63) is 77.7 Å². The lowest BCUT2D eigenvalue weighted by Gasteiger charge is -2.07. The lowest BCUT2D eigenvalue weighted by molar-refractivity contribution is 0.791. The highest BCUT2D eigenvalue weighted by molar-refractivity contribution is 5.57. The molecule has 0 N–H and O–H groups in total. The van der Waals surface area contributed by atoms with E-state index in [0.29, 0.717) is 0 Å². The molecule has 2 aromatic carbocycles. The van der Waals surface area contributed by atoms with Crippen molar-refractivity contribution < 1.29 is 0 Å². The molecule has 2 nitrogen and oxygen atoms in total. The maximum absolute atomic E-state index is 4.50. The van der Waals surface area contributed by atoms with Crippen LogP contribution < -0.4 is 0 Å². The minimum absolute atomic E-state index is 0.868. The first kappa shape index (κ1) is 12.7. The highest BCUT2D eigenvalue weighted by Gasteiger charge is 2.04. The molecule has 0 spiro atoms. The predicted octanol–water partition coefficient (Wildman–Crippen LogP) is 4.22. The van der Waals surface area contributed by atoms with Crippen molar-refractivity contribution in [3.8, 4) is 11.3 Å². The summed E-state index contributed by atoms with van der Waals surface area (Å²) in [5.41, 5.74) is 6.16. The third kappa shape index (κ3) is 2.64. The van der Waals surface area contributed by atoms with Crippen molar-refractivity contribution >= 4 is 0 Å². The minimum Gasteiger partial charge on any atom is -0.332 e. The first-order chi connectivity index (χ1) is 9.72. The smallest absolute Gasteiger partial charge is 0.0956 e. The molecule has 100 valence electrons. The Morgan fingerprint density at radius 1 is 1.00 bits per heavy atom. The molecule has 0 fully saturated rings. The van der Waals surface area contributed by atoms with Crippen LogP contribution in [0.4, 0.5) is 0 Å². The van der Waals surface area contributed by atoms with Crippen LogP contribution in [0.1, 0.15) is 16.7 Å². The molecule has 2 heteroatoms. The second-order valence-electron chi connectivity index (χ2n) is 5.23. The van der Waals surface area contributed by atoms with E-state index >= 15 is 0 Å². The Morgan fingerprint density at radius 2 is 1.80 bits per heavy atom.